The first-order valence-corrected chi connectivity index (χ1v) is 10.4. The minimum atomic E-state index is 0.0779. The number of hydrogen-bond acceptors (Lipinski definition) is 4. The van der Waals surface area contributed by atoms with E-state index in [1.54, 1.807) is 7.11 Å². The molecule has 1 aromatic heterocycles. The summed E-state index contributed by atoms with van der Waals surface area (Å²) in [6.07, 6.45) is 0.907. The second-order valence-corrected chi connectivity index (χ2v) is 7.93. The summed E-state index contributed by atoms with van der Waals surface area (Å²) in [6, 6.07) is 17.5. The SMILES string of the molecule is COc1ccc(-c2cc(N3CCCN(C(=O)c4cccc(Br)c4)CC3)n[nH]2)cc1. The van der Waals surface area contributed by atoms with Gasteiger partial charge in [0.25, 0.3) is 5.91 Å². The van der Waals surface area contributed by atoms with Crippen molar-refractivity contribution in [2.75, 3.05) is 38.2 Å². The lowest BCUT2D eigenvalue weighted by Crippen LogP contribution is -2.35. The van der Waals surface area contributed by atoms with E-state index in [1.807, 2.05) is 53.4 Å². The summed E-state index contributed by atoms with van der Waals surface area (Å²) in [7, 11) is 1.66. The molecule has 0 spiro atoms. The third-order valence-corrected chi connectivity index (χ3v) is 5.64. The molecule has 6 nitrogen and oxygen atoms in total. The number of nitrogens with zero attached hydrogens (tertiary/aromatic N) is 3. The number of methoxy groups -OCH3 is 1. The number of amides is 1. The van der Waals surface area contributed by atoms with Crippen molar-refractivity contribution in [3.8, 4) is 17.0 Å². The zero-order chi connectivity index (χ0) is 20.2. The lowest BCUT2D eigenvalue weighted by molar-refractivity contribution is 0.0767. The second-order valence-electron chi connectivity index (χ2n) is 7.01. The summed E-state index contributed by atoms with van der Waals surface area (Å²) < 4.78 is 6.14. The molecule has 0 radical (unpaired) electrons. The van der Waals surface area contributed by atoms with Gasteiger partial charge >= 0.3 is 0 Å². The number of ether oxygens (including phenoxy) is 1. The average Bonchev–Trinajstić information content (AvgIpc) is 3.11. The third-order valence-electron chi connectivity index (χ3n) is 5.14. The van der Waals surface area contributed by atoms with E-state index in [9.17, 15) is 4.79 Å². The van der Waals surface area contributed by atoms with Crippen LogP contribution >= 0.6 is 15.9 Å². The molecule has 1 aliphatic heterocycles. The van der Waals surface area contributed by atoms with Crippen LogP contribution in [-0.2, 0) is 0 Å². The summed E-state index contributed by atoms with van der Waals surface area (Å²) in [4.78, 5) is 17.0. The molecule has 0 bridgehead atoms. The Bertz CT molecular complexity index is 986. The van der Waals surface area contributed by atoms with Gasteiger partial charge in [-0.25, -0.2) is 0 Å². The Kier molecular flexibility index (Phi) is 5.85. The van der Waals surface area contributed by atoms with Crippen molar-refractivity contribution in [3.63, 3.8) is 0 Å². The van der Waals surface area contributed by atoms with E-state index in [0.717, 1.165) is 58.9 Å². The van der Waals surface area contributed by atoms with Crippen LogP contribution in [0.15, 0.2) is 59.1 Å². The van der Waals surface area contributed by atoms with Crippen molar-refractivity contribution in [2.24, 2.45) is 0 Å². The van der Waals surface area contributed by atoms with Crippen molar-refractivity contribution in [2.45, 2.75) is 6.42 Å². The summed E-state index contributed by atoms with van der Waals surface area (Å²) in [5, 5.41) is 7.63. The van der Waals surface area contributed by atoms with Crippen LogP contribution in [0.1, 0.15) is 16.8 Å². The van der Waals surface area contributed by atoms with Crippen molar-refractivity contribution >= 4 is 27.7 Å². The van der Waals surface area contributed by atoms with Gasteiger partial charge in [0.05, 0.1) is 12.8 Å². The number of halogens is 1. The number of aromatic amines is 1. The smallest absolute Gasteiger partial charge is 0.253 e. The maximum atomic E-state index is 12.8. The maximum absolute atomic E-state index is 12.8. The molecular weight excluding hydrogens is 432 g/mol. The Morgan fingerprint density at radius 3 is 2.66 bits per heavy atom. The van der Waals surface area contributed by atoms with Crippen molar-refractivity contribution in [1.29, 1.82) is 0 Å². The second kappa shape index (κ2) is 8.69. The highest BCUT2D eigenvalue weighted by Gasteiger charge is 2.22. The minimum absolute atomic E-state index is 0.0779. The minimum Gasteiger partial charge on any atom is -0.497 e. The molecule has 29 heavy (non-hydrogen) atoms. The fraction of sp³-hybridized carbons (Fsp3) is 0.273. The molecule has 4 rings (SSSR count). The van der Waals surface area contributed by atoms with Crippen LogP contribution in [0.2, 0.25) is 0 Å². The van der Waals surface area contributed by atoms with Crippen LogP contribution in [0.25, 0.3) is 11.3 Å². The van der Waals surface area contributed by atoms with Crippen molar-refractivity contribution < 1.29 is 9.53 Å². The topological polar surface area (TPSA) is 61.5 Å². The molecule has 0 unspecified atom stereocenters. The third kappa shape index (κ3) is 4.45. The van der Waals surface area contributed by atoms with Crippen LogP contribution in [0.4, 0.5) is 5.82 Å². The van der Waals surface area contributed by atoms with Gasteiger partial charge in [0.1, 0.15) is 5.75 Å². The van der Waals surface area contributed by atoms with Crippen LogP contribution in [-0.4, -0.2) is 54.3 Å². The molecule has 150 valence electrons. The molecule has 1 aliphatic rings. The van der Waals surface area contributed by atoms with Crippen LogP contribution in [0.5, 0.6) is 5.75 Å². The largest absolute Gasteiger partial charge is 0.497 e. The molecule has 1 fully saturated rings. The summed E-state index contributed by atoms with van der Waals surface area (Å²) in [5.74, 6) is 1.82. The predicted octanol–water partition coefficient (Wildman–Crippen LogP) is 4.20. The first-order valence-electron chi connectivity index (χ1n) is 9.63. The number of carbonyl (C=O) groups is 1. The van der Waals surface area contributed by atoms with E-state index in [1.165, 1.54) is 0 Å². The van der Waals surface area contributed by atoms with Gasteiger partial charge < -0.3 is 14.5 Å². The van der Waals surface area contributed by atoms with Crippen LogP contribution in [0.3, 0.4) is 0 Å². The summed E-state index contributed by atoms with van der Waals surface area (Å²) >= 11 is 3.44. The van der Waals surface area contributed by atoms with Crippen molar-refractivity contribution in [1.82, 2.24) is 15.1 Å². The molecule has 0 aliphatic carbocycles. The highest BCUT2D eigenvalue weighted by molar-refractivity contribution is 9.10. The molecular formula is C22H23BrN4O2. The molecule has 0 saturated carbocycles. The Morgan fingerprint density at radius 2 is 1.90 bits per heavy atom. The molecule has 0 atom stereocenters. The van der Waals surface area contributed by atoms with Gasteiger partial charge in [0.2, 0.25) is 0 Å². The number of aromatic nitrogens is 2. The molecule has 3 aromatic rings. The van der Waals surface area contributed by atoms with E-state index < -0.39 is 0 Å². The number of carbonyl (C=O) groups excluding carboxylic acids is 1. The van der Waals surface area contributed by atoms with Gasteiger partial charge in [0.15, 0.2) is 5.82 Å². The number of benzene rings is 2. The first kappa shape index (κ1) is 19.5. The highest BCUT2D eigenvalue weighted by Crippen LogP contribution is 2.25. The van der Waals surface area contributed by atoms with Crippen LogP contribution < -0.4 is 9.64 Å². The quantitative estimate of drug-likeness (QED) is 0.641. The number of hydrogen-bond donors (Lipinski definition) is 1. The fourth-order valence-corrected chi connectivity index (χ4v) is 3.94. The number of rotatable bonds is 4. The fourth-order valence-electron chi connectivity index (χ4n) is 3.55. The summed E-state index contributed by atoms with van der Waals surface area (Å²) in [5.41, 5.74) is 2.74. The van der Waals surface area contributed by atoms with E-state index in [2.05, 4.69) is 37.1 Å². The zero-order valence-electron chi connectivity index (χ0n) is 16.3. The van der Waals surface area contributed by atoms with Gasteiger partial charge in [-0.15, -0.1) is 0 Å². The van der Waals surface area contributed by atoms with Gasteiger partial charge in [-0.05, 0) is 54.4 Å². The Labute approximate surface area is 178 Å². The lowest BCUT2D eigenvalue weighted by atomic mass is 10.1. The molecule has 2 heterocycles. The first-order chi connectivity index (χ1) is 14.1. The number of anilines is 1. The normalized spacial score (nSPS) is 14.6. The maximum Gasteiger partial charge on any atom is 0.253 e. The number of nitrogens with one attached hydrogen (secondary N) is 1. The standard InChI is InChI=1S/C22H23BrN4O2/c1-29-19-8-6-16(7-9-19)20-15-21(25-24-20)26-10-3-11-27(13-12-26)22(28)17-4-2-5-18(23)14-17/h2,4-9,14-15H,3,10-13H2,1H3,(H,24,25). The van der Waals surface area contributed by atoms with Gasteiger partial charge in [0, 0.05) is 42.3 Å². The van der Waals surface area contributed by atoms with E-state index >= 15 is 0 Å². The lowest BCUT2D eigenvalue weighted by Gasteiger charge is -2.22. The van der Waals surface area contributed by atoms with Crippen molar-refractivity contribution in [3.05, 3.63) is 64.6 Å². The Hall–Kier alpha value is -2.80. The molecule has 1 amide bonds. The van der Waals surface area contributed by atoms with E-state index in [0.29, 0.717) is 6.54 Å². The van der Waals surface area contributed by atoms with Gasteiger partial charge in [-0.1, -0.05) is 22.0 Å². The monoisotopic (exact) mass is 454 g/mol. The Morgan fingerprint density at radius 1 is 1.07 bits per heavy atom. The molecule has 7 heteroatoms. The zero-order valence-corrected chi connectivity index (χ0v) is 17.9. The van der Waals surface area contributed by atoms with Crippen LogP contribution in [0, 0.1) is 0 Å². The van der Waals surface area contributed by atoms with E-state index in [-0.39, 0.29) is 5.91 Å². The molecule has 1 N–H and O–H groups in total. The van der Waals surface area contributed by atoms with Gasteiger partial charge in [-0.3, -0.25) is 9.89 Å². The average molecular weight is 455 g/mol. The van der Waals surface area contributed by atoms with E-state index in [4.69, 9.17) is 4.74 Å². The number of H-pyrrole nitrogens is 1. The summed E-state index contributed by atoms with van der Waals surface area (Å²) in [6.45, 7) is 3.05. The molecule has 1 saturated heterocycles. The highest BCUT2D eigenvalue weighted by atomic mass is 79.9. The molecule has 2 aromatic carbocycles. The van der Waals surface area contributed by atoms with Gasteiger partial charge in [-0.2, -0.15) is 5.10 Å². The Balaban J connectivity index is 1.43. The predicted molar refractivity (Wildman–Crippen MR) is 117 cm³/mol.